The van der Waals surface area contributed by atoms with E-state index >= 15 is 0 Å². The number of rotatable bonds is 2. The van der Waals surface area contributed by atoms with Crippen LogP contribution >= 0.6 is 0 Å². The van der Waals surface area contributed by atoms with Crippen LogP contribution in [0.1, 0.15) is 6.42 Å². The summed E-state index contributed by atoms with van der Waals surface area (Å²) in [4.78, 5) is 0. The smallest absolute Gasteiger partial charge is 0.0835 e. The summed E-state index contributed by atoms with van der Waals surface area (Å²) in [6.45, 7) is 1.94. The highest BCUT2D eigenvalue weighted by Crippen LogP contribution is 2.23. The van der Waals surface area contributed by atoms with E-state index in [1.54, 1.807) is 0 Å². The van der Waals surface area contributed by atoms with Gasteiger partial charge in [0.05, 0.1) is 25.4 Å². The van der Waals surface area contributed by atoms with Crippen LogP contribution in [0, 0.1) is 0 Å². The van der Waals surface area contributed by atoms with Crippen molar-refractivity contribution >= 4 is 0 Å². The molecule has 2 saturated heterocycles. The molecule has 40 valence electrons. The van der Waals surface area contributed by atoms with Crippen LogP contribution in [0.2, 0.25) is 0 Å². The standard InChI is InChI=1S/C5H8O2/c1(4-2-6-4)5-3-7-5/h4-5H,1-3H2/t4-,5-/m1/s1. The lowest BCUT2D eigenvalue weighted by molar-refractivity contribution is 0.344. The topological polar surface area (TPSA) is 25.1 Å². The molecule has 2 heterocycles. The summed E-state index contributed by atoms with van der Waals surface area (Å²) in [6, 6.07) is 0. The molecule has 7 heavy (non-hydrogen) atoms. The fourth-order valence-electron chi connectivity index (χ4n) is 0.701. The third-order valence-electron chi connectivity index (χ3n) is 1.33. The number of epoxide rings is 2. The van der Waals surface area contributed by atoms with Gasteiger partial charge in [-0.15, -0.1) is 0 Å². The van der Waals surface area contributed by atoms with Crippen molar-refractivity contribution < 1.29 is 9.47 Å². The maximum absolute atomic E-state index is 4.98. The maximum atomic E-state index is 4.98. The molecule has 2 heteroatoms. The normalized spacial score (nSPS) is 46.3. The van der Waals surface area contributed by atoms with Gasteiger partial charge in [-0.05, 0) is 0 Å². The van der Waals surface area contributed by atoms with Crippen LogP contribution in [-0.2, 0) is 9.47 Å². The number of hydrogen-bond donors (Lipinski definition) is 0. The molecule has 0 spiro atoms. The first-order chi connectivity index (χ1) is 3.45. The summed E-state index contributed by atoms with van der Waals surface area (Å²) in [5.41, 5.74) is 0. The Balaban J connectivity index is 1.69. The molecular formula is C5H8O2. The fourth-order valence-corrected chi connectivity index (χ4v) is 0.701. The Morgan fingerprint density at radius 3 is 1.86 bits per heavy atom. The van der Waals surface area contributed by atoms with Gasteiger partial charge in [0, 0.05) is 6.42 Å². The minimum Gasteiger partial charge on any atom is -0.373 e. The number of ether oxygens (including phenoxy) is 2. The lowest BCUT2D eigenvalue weighted by atomic mass is 10.3. The molecule has 0 aromatic rings. The van der Waals surface area contributed by atoms with E-state index < -0.39 is 0 Å². The highest BCUT2D eigenvalue weighted by molar-refractivity contribution is 4.79. The summed E-state index contributed by atoms with van der Waals surface area (Å²) in [5, 5.41) is 0. The molecule has 0 aliphatic carbocycles. The van der Waals surface area contributed by atoms with E-state index in [-0.39, 0.29) is 0 Å². The molecular weight excluding hydrogens is 92.1 g/mol. The van der Waals surface area contributed by atoms with Crippen LogP contribution in [0.5, 0.6) is 0 Å². The van der Waals surface area contributed by atoms with Crippen LogP contribution in [-0.4, -0.2) is 25.4 Å². The Kier molecular flexibility index (Phi) is 0.664. The minimum absolute atomic E-state index is 0.562. The van der Waals surface area contributed by atoms with E-state index in [1.165, 1.54) is 0 Å². The van der Waals surface area contributed by atoms with E-state index in [1.807, 2.05) is 0 Å². The highest BCUT2D eigenvalue weighted by Gasteiger charge is 2.32. The van der Waals surface area contributed by atoms with Crippen LogP contribution < -0.4 is 0 Å². The molecule has 2 nitrogen and oxygen atoms in total. The lowest BCUT2D eigenvalue weighted by Gasteiger charge is -1.80. The SMILES string of the molecule is C1O[C@@H]1C[C@@H]1CO1. The Morgan fingerprint density at radius 1 is 1.14 bits per heavy atom. The third kappa shape index (κ3) is 0.924. The van der Waals surface area contributed by atoms with E-state index in [0.29, 0.717) is 12.2 Å². The van der Waals surface area contributed by atoms with E-state index in [9.17, 15) is 0 Å². The largest absolute Gasteiger partial charge is 0.373 e. The van der Waals surface area contributed by atoms with Crippen molar-refractivity contribution in [2.45, 2.75) is 18.6 Å². The third-order valence-corrected chi connectivity index (χ3v) is 1.33. The van der Waals surface area contributed by atoms with Gasteiger partial charge < -0.3 is 9.47 Å². The van der Waals surface area contributed by atoms with Crippen molar-refractivity contribution in [2.75, 3.05) is 13.2 Å². The van der Waals surface area contributed by atoms with Gasteiger partial charge in [-0.3, -0.25) is 0 Å². The first-order valence-electron chi connectivity index (χ1n) is 2.68. The van der Waals surface area contributed by atoms with Crippen molar-refractivity contribution in [3.8, 4) is 0 Å². The van der Waals surface area contributed by atoms with Gasteiger partial charge in [-0.1, -0.05) is 0 Å². The van der Waals surface area contributed by atoms with E-state index in [4.69, 9.17) is 9.47 Å². The lowest BCUT2D eigenvalue weighted by Crippen LogP contribution is -1.90. The quantitative estimate of drug-likeness (QED) is 0.462. The molecule has 0 saturated carbocycles. The summed E-state index contributed by atoms with van der Waals surface area (Å²) in [7, 11) is 0. The molecule has 2 fully saturated rings. The molecule has 2 atom stereocenters. The van der Waals surface area contributed by atoms with Gasteiger partial charge >= 0.3 is 0 Å². The second kappa shape index (κ2) is 1.20. The van der Waals surface area contributed by atoms with Gasteiger partial charge in [-0.25, -0.2) is 0 Å². The van der Waals surface area contributed by atoms with Crippen molar-refractivity contribution in [3.05, 3.63) is 0 Å². The molecule has 0 aromatic heterocycles. The predicted octanol–water partition coefficient (Wildman–Crippen LogP) is 0.174. The summed E-state index contributed by atoms with van der Waals surface area (Å²) < 4.78 is 9.96. The molecule has 0 unspecified atom stereocenters. The zero-order chi connectivity index (χ0) is 4.69. The average molecular weight is 100 g/mol. The first-order valence-corrected chi connectivity index (χ1v) is 2.68. The van der Waals surface area contributed by atoms with Crippen molar-refractivity contribution in [1.82, 2.24) is 0 Å². The second-order valence-corrected chi connectivity index (χ2v) is 2.15. The Bertz CT molecular complexity index is 64.1. The van der Waals surface area contributed by atoms with Crippen LogP contribution in [0.25, 0.3) is 0 Å². The monoisotopic (exact) mass is 100 g/mol. The Morgan fingerprint density at radius 2 is 1.57 bits per heavy atom. The summed E-state index contributed by atoms with van der Waals surface area (Å²) >= 11 is 0. The average Bonchev–Trinajstić information content (AvgIpc) is 2.33. The molecule has 0 N–H and O–H groups in total. The first kappa shape index (κ1) is 3.87. The highest BCUT2D eigenvalue weighted by atomic mass is 16.6. The zero-order valence-electron chi connectivity index (χ0n) is 4.09. The molecule has 2 aliphatic rings. The van der Waals surface area contributed by atoms with Gasteiger partial charge in [0.1, 0.15) is 0 Å². The van der Waals surface area contributed by atoms with Gasteiger partial charge in [0.2, 0.25) is 0 Å². The fraction of sp³-hybridized carbons (Fsp3) is 1.00. The minimum atomic E-state index is 0.562. The molecule has 0 aromatic carbocycles. The Labute approximate surface area is 42.4 Å². The van der Waals surface area contributed by atoms with E-state index in [2.05, 4.69) is 0 Å². The van der Waals surface area contributed by atoms with E-state index in [0.717, 1.165) is 19.6 Å². The van der Waals surface area contributed by atoms with Crippen LogP contribution in [0.4, 0.5) is 0 Å². The molecule has 2 aliphatic heterocycles. The summed E-state index contributed by atoms with van der Waals surface area (Å²) in [5.74, 6) is 0. The van der Waals surface area contributed by atoms with Gasteiger partial charge in [0.15, 0.2) is 0 Å². The van der Waals surface area contributed by atoms with Crippen LogP contribution in [0.15, 0.2) is 0 Å². The van der Waals surface area contributed by atoms with Gasteiger partial charge in [-0.2, -0.15) is 0 Å². The second-order valence-electron chi connectivity index (χ2n) is 2.15. The maximum Gasteiger partial charge on any atom is 0.0835 e. The van der Waals surface area contributed by atoms with Gasteiger partial charge in [0.25, 0.3) is 0 Å². The molecule has 2 rings (SSSR count). The number of hydrogen-bond acceptors (Lipinski definition) is 2. The van der Waals surface area contributed by atoms with Crippen LogP contribution in [0.3, 0.4) is 0 Å². The molecule has 0 radical (unpaired) electrons. The Hall–Kier alpha value is -0.0800. The zero-order valence-corrected chi connectivity index (χ0v) is 4.09. The predicted molar refractivity (Wildman–Crippen MR) is 24.1 cm³/mol. The molecule has 0 amide bonds. The van der Waals surface area contributed by atoms with Crippen molar-refractivity contribution in [2.24, 2.45) is 0 Å². The van der Waals surface area contributed by atoms with Crippen molar-refractivity contribution in [1.29, 1.82) is 0 Å². The molecule has 0 bridgehead atoms. The summed E-state index contributed by atoms with van der Waals surface area (Å²) in [6.07, 6.45) is 2.26. The van der Waals surface area contributed by atoms with Crippen molar-refractivity contribution in [3.63, 3.8) is 0 Å².